The van der Waals surface area contributed by atoms with Crippen molar-refractivity contribution in [3.63, 3.8) is 0 Å². The van der Waals surface area contributed by atoms with E-state index in [0.29, 0.717) is 23.6 Å². The molecule has 2 rings (SSSR count). The fraction of sp³-hybridized carbons (Fsp3) is 0.200. The van der Waals surface area contributed by atoms with E-state index in [1.807, 2.05) is 0 Å². The molecular formula is C10H11N5O2. The normalized spacial score (nSPS) is 10.2. The van der Waals surface area contributed by atoms with Gasteiger partial charge in [-0.25, -0.2) is 5.48 Å². The second-order valence-corrected chi connectivity index (χ2v) is 3.18. The van der Waals surface area contributed by atoms with Crippen LogP contribution in [0.15, 0.2) is 24.3 Å². The van der Waals surface area contributed by atoms with Crippen LogP contribution in [0.5, 0.6) is 0 Å². The maximum atomic E-state index is 11.6. The lowest BCUT2D eigenvalue weighted by Crippen LogP contribution is -2.23. The van der Waals surface area contributed by atoms with Crippen LogP contribution in [0.2, 0.25) is 0 Å². The lowest BCUT2D eigenvalue weighted by molar-refractivity contribution is 0.0364. The van der Waals surface area contributed by atoms with Crippen LogP contribution in [0.3, 0.4) is 0 Å². The quantitative estimate of drug-likeness (QED) is 0.752. The maximum absolute atomic E-state index is 11.6. The minimum atomic E-state index is -0.308. The Balaban J connectivity index is 2.20. The highest BCUT2D eigenvalue weighted by molar-refractivity contribution is 5.94. The highest BCUT2D eigenvalue weighted by Crippen LogP contribution is 2.14. The summed E-state index contributed by atoms with van der Waals surface area (Å²) in [5, 5.41) is 13.5. The van der Waals surface area contributed by atoms with Gasteiger partial charge in [-0.1, -0.05) is 12.1 Å². The summed E-state index contributed by atoms with van der Waals surface area (Å²) in [4.78, 5) is 16.5. The summed E-state index contributed by atoms with van der Waals surface area (Å²) < 4.78 is 0. The topological polar surface area (TPSA) is 92.8 Å². The molecule has 0 fully saturated rings. The number of H-pyrrole nitrogens is 1. The average Bonchev–Trinajstić information content (AvgIpc) is 2.90. The Morgan fingerprint density at radius 3 is 3.12 bits per heavy atom. The first kappa shape index (κ1) is 11.2. The van der Waals surface area contributed by atoms with Gasteiger partial charge in [0.1, 0.15) is 0 Å². The summed E-state index contributed by atoms with van der Waals surface area (Å²) in [5.41, 5.74) is 3.50. The van der Waals surface area contributed by atoms with Crippen molar-refractivity contribution in [2.75, 3.05) is 6.61 Å². The number of aromatic nitrogens is 4. The summed E-state index contributed by atoms with van der Waals surface area (Å²) in [6.07, 6.45) is 0. The highest BCUT2D eigenvalue weighted by atomic mass is 16.6. The molecule has 17 heavy (non-hydrogen) atoms. The minimum absolute atomic E-state index is 0.308. The number of carbonyl (C=O) groups is 1. The standard InChI is InChI=1S/C10H11N5O2/c1-2-17-13-10(16)8-5-3-4-7(6-8)9-11-14-15-12-9/h3-6H,2H2,1H3,(H,13,16)(H,11,12,14,15). The predicted octanol–water partition coefficient (Wildman–Crippen LogP) is 0.548. The fourth-order valence-corrected chi connectivity index (χ4v) is 1.28. The van der Waals surface area contributed by atoms with E-state index in [2.05, 4.69) is 26.1 Å². The van der Waals surface area contributed by atoms with Crippen molar-refractivity contribution >= 4 is 5.91 Å². The van der Waals surface area contributed by atoms with Crippen LogP contribution in [0.25, 0.3) is 11.4 Å². The van der Waals surface area contributed by atoms with Gasteiger partial charge < -0.3 is 0 Å². The van der Waals surface area contributed by atoms with Gasteiger partial charge in [-0.2, -0.15) is 5.21 Å². The van der Waals surface area contributed by atoms with Gasteiger partial charge in [0.05, 0.1) is 6.61 Å². The van der Waals surface area contributed by atoms with E-state index in [1.165, 1.54) is 0 Å². The third-order valence-electron chi connectivity index (χ3n) is 2.04. The SMILES string of the molecule is CCONC(=O)c1cccc(-c2nn[nH]n2)c1. The molecule has 7 heteroatoms. The number of nitrogens with one attached hydrogen (secondary N) is 2. The van der Waals surface area contributed by atoms with E-state index in [9.17, 15) is 4.79 Å². The van der Waals surface area contributed by atoms with Gasteiger partial charge in [0.15, 0.2) is 0 Å². The first-order chi connectivity index (χ1) is 8.31. The molecular weight excluding hydrogens is 222 g/mol. The zero-order chi connectivity index (χ0) is 12.1. The lowest BCUT2D eigenvalue weighted by atomic mass is 10.1. The number of rotatable bonds is 4. The van der Waals surface area contributed by atoms with Gasteiger partial charge >= 0.3 is 0 Å². The van der Waals surface area contributed by atoms with E-state index in [-0.39, 0.29) is 5.91 Å². The Kier molecular flexibility index (Phi) is 3.41. The molecule has 0 atom stereocenters. The Morgan fingerprint density at radius 1 is 1.53 bits per heavy atom. The predicted molar refractivity (Wildman–Crippen MR) is 58.7 cm³/mol. The largest absolute Gasteiger partial charge is 0.274 e. The van der Waals surface area contributed by atoms with Crippen molar-refractivity contribution < 1.29 is 9.63 Å². The lowest BCUT2D eigenvalue weighted by Gasteiger charge is -2.04. The molecule has 88 valence electrons. The molecule has 0 aliphatic heterocycles. The molecule has 2 N–H and O–H groups in total. The van der Waals surface area contributed by atoms with Crippen LogP contribution >= 0.6 is 0 Å². The molecule has 1 aromatic heterocycles. The van der Waals surface area contributed by atoms with Gasteiger partial charge in [-0.05, 0) is 24.3 Å². The number of benzene rings is 1. The Hall–Kier alpha value is -2.28. The summed E-state index contributed by atoms with van der Waals surface area (Å²) in [7, 11) is 0. The summed E-state index contributed by atoms with van der Waals surface area (Å²) in [5.74, 6) is 0.133. The Bertz CT molecular complexity index is 497. The number of carbonyl (C=O) groups excluding carboxylic acids is 1. The molecule has 0 aliphatic carbocycles. The van der Waals surface area contributed by atoms with Crippen LogP contribution < -0.4 is 5.48 Å². The van der Waals surface area contributed by atoms with E-state index >= 15 is 0 Å². The second-order valence-electron chi connectivity index (χ2n) is 3.18. The van der Waals surface area contributed by atoms with Crippen molar-refractivity contribution in [1.82, 2.24) is 26.1 Å². The maximum Gasteiger partial charge on any atom is 0.274 e. The first-order valence-electron chi connectivity index (χ1n) is 5.07. The third-order valence-corrected chi connectivity index (χ3v) is 2.04. The van der Waals surface area contributed by atoms with Gasteiger partial charge in [0, 0.05) is 11.1 Å². The van der Waals surface area contributed by atoms with Crippen LogP contribution in [-0.2, 0) is 4.84 Å². The zero-order valence-electron chi connectivity index (χ0n) is 9.17. The van der Waals surface area contributed by atoms with Crippen molar-refractivity contribution in [2.24, 2.45) is 0 Å². The highest BCUT2D eigenvalue weighted by Gasteiger charge is 2.08. The monoisotopic (exact) mass is 233 g/mol. The number of aromatic amines is 1. The van der Waals surface area contributed by atoms with E-state index in [1.54, 1.807) is 31.2 Å². The van der Waals surface area contributed by atoms with Crippen LogP contribution in [0.4, 0.5) is 0 Å². The third kappa shape index (κ3) is 2.64. The Morgan fingerprint density at radius 2 is 2.41 bits per heavy atom. The van der Waals surface area contributed by atoms with Crippen molar-refractivity contribution in [3.8, 4) is 11.4 Å². The molecule has 1 heterocycles. The first-order valence-corrected chi connectivity index (χ1v) is 5.07. The van der Waals surface area contributed by atoms with E-state index in [4.69, 9.17) is 4.84 Å². The molecule has 2 aromatic rings. The molecule has 0 saturated heterocycles. The summed E-state index contributed by atoms with van der Waals surface area (Å²) in [6.45, 7) is 2.20. The molecule has 1 amide bonds. The minimum Gasteiger partial charge on any atom is -0.274 e. The number of nitrogens with zero attached hydrogens (tertiary/aromatic N) is 3. The van der Waals surface area contributed by atoms with Crippen molar-refractivity contribution in [2.45, 2.75) is 6.92 Å². The molecule has 0 unspecified atom stereocenters. The average molecular weight is 233 g/mol. The molecule has 0 bridgehead atoms. The number of hydroxylamine groups is 1. The van der Waals surface area contributed by atoms with Crippen molar-refractivity contribution in [1.29, 1.82) is 0 Å². The zero-order valence-corrected chi connectivity index (χ0v) is 9.17. The molecule has 0 radical (unpaired) electrons. The van der Waals surface area contributed by atoms with Crippen molar-refractivity contribution in [3.05, 3.63) is 29.8 Å². The molecule has 0 spiro atoms. The summed E-state index contributed by atoms with van der Waals surface area (Å²) in [6, 6.07) is 6.88. The van der Waals surface area contributed by atoms with Gasteiger partial charge in [0.2, 0.25) is 5.82 Å². The van der Waals surface area contributed by atoms with Gasteiger partial charge in [-0.3, -0.25) is 9.63 Å². The molecule has 0 aliphatic rings. The number of hydrogen-bond acceptors (Lipinski definition) is 5. The number of hydrogen-bond donors (Lipinski definition) is 2. The fourth-order valence-electron chi connectivity index (χ4n) is 1.28. The van der Waals surface area contributed by atoms with Crippen LogP contribution in [0.1, 0.15) is 17.3 Å². The van der Waals surface area contributed by atoms with E-state index < -0.39 is 0 Å². The molecule has 0 saturated carbocycles. The second kappa shape index (κ2) is 5.17. The van der Waals surface area contributed by atoms with Crippen LogP contribution in [-0.4, -0.2) is 33.1 Å². The number of amides is 1. The van der Waals surface area contributed by atoms with Gasteiger partial charge in [0.25, 0.3) is 5.91 Å². The van der Waals surface area contributed by atoms with E-state index in [0.717, 1.165) is 0 Å². The summed E-state index contributed by atoms with van der Waals surface area (Å²) >= 11 is 0. The number of tetrazole rings is 1. The van der Waals surface area contributed by atoms with Gasteiger partial charge in [-0.15, -0.1) is 10.2 Å². The molecule has 1 aromatic carbocycles. The smallest absolute Gasteiger partial charge is 0.274 e. The van der Waals surface area contributed by atoms with Crippen LogP contribution in [0, 0.1) is 0 Å². The molecule has 7 nitrogen and oxygen atoms in total. The Labute approximate surface area is 97.1 Å².